The number of likely N-dealkylation sites (tertiary alicyclic amines) is 1. The second-order valence-corrected chi connectivity index (χ2v) is 9.76. The highest BCUT2D eigenvalue weighted by molar-refractivity contribution is 6.42. The number of Topliss-reactive ketones (excluding diaryl/α,β-unsaturated/α-hetero) is 1. The van der Waals surface area contributed by atoms with Crippen molar-refractivity contribution in [1.82, 2.24) is 10.2 Å². The van der Waals surface area contributed by atoms with E-state index in [9.17, 15) is 19.1 Å². The van der Waals surface area contributed by atoms with Crippen LogP contribution in [0.25, 0.3) is 0 Å². The number of amides is 1. The first-order valence-corrected chi connectivity index (χ1v) is 12.3. The van der Waals surface area contributed by atoms with Crippen LogP contribution in [0.5, 0.6) is 5.75 Å². The monoisotopic (exact) mass is 466 g/mol. The Bertz CT molecular complexity index is 1040. The molecule has 3 fully saturated rings. The Kier molecular flexibility index (Phi) is 6.66. The minimum Gasteiger partial charge on any atom is -0.487 e. The maximum Gasteiger partial charge on any atom is 0.292 e. The van der Waals surface area contributed by atoms with Gasteiger partial charge in [-0.1, -0.05) is 30.3 Å². The van der Waals surface area contributed by atoms with Gasteiger partial charge >= 0.3 is 0 Å². The number of ketones is 1. The van der Waals surface area contributed by atoms with Crippen molar-refractivity contribution in [2.24, 2.45) is 0 Å². The molecule has 2 aliphatic carbocycles. The number of aliphatic hydroxyl groups is 1. The lowest BCUT2D eigenvalue weighted by Crippen LogP contribution is -2.48. The zero-order valence-electron chi connectivity index (χ0n) is 19.2. The van der Waals surface area contributed by atoms with E-state index in [0.29, 0.717) is 23.6 Å². The highest BCUT2D eigenvalue weighted by atomic mass is 19.1. The maximum atomic E-state index is 14.6. The zero-order valence-corrected chi connectivity index (χ0v) is 19.2. The van der Waals surface area contributed by atoms with Crippen LogP contribution in [0.4, 0.5) is 4.39 Å². The number of carbonyl (C=O) groups excluding carboxylic acids is 2. The summed E-state index contributed by atoms with van der Waals surface area (Å²) in [5, 5.41) is 13.8. The fraction of sp³-hybridized carbons (Fsp3) is 0.481. The van der Waals surface area contributed by atoms with E-state index in [1.807, 2.05) is 12.1 Å². The van der Waals surface area contributed by atoms with Gasteiger partial charge in [0.2, 0.25) is 5.78 Å². The summed E-state index contributed by atoms with van der Waals surface area (Å²) < 4.78 is 20.1. The van der Waals surface area contributed by atoms with E-state index in [-0.39, 0.29) is 11.9 Å². The summed E-state index contributed by atoms with van der Waals surface area (Å²) in [7, 11) is 0. The molecule has 0 spiro atoms. The Morgan fingerprint density at radius 2 is 1.76 bits per heavy atom. The van der Waals surface area contributed by atoms with Crippen LogP contribution < -0.4 is 10.1 Å². The van der Waals surface area contributed by atoms with Gasteiger partial charge in [0.1, 0.15) is 6.10 Å². The molecule has 0 radical (unpaired) electrons. The fourth-order valence-corrected chi connectivity index (χ4v) is 4.55. The van der Waals surface area contributed by atoms with Gasteiger partial charge in [0, 0.05) is 12.1 Å². The molecular weight excluding hydrogens is 435 g/mol. The summed E-state index contributed by atoms with van der Waals surface area (Å²) in [6.07, 6.45) is 5.17. The minimum atomic E-state index is -1.17. The molecule has 34 heavy (non-hydrogen) atoms. The second kappa shape index (κ2) is 9.84. The number of nitrogens with zero attached hydrogens (tertiary/aromatic N) is 1. The fourth-order valence-electron chi connectivity index (χ4n) is 4.55. The number of carbonyl (C=O) groups is 2. The largest absolute Gasteiger partial charge is 0.487 e. The molecule has 1 aliphatic heterocycles. The third kappa shape index (κ3) is 5.47. The average molecular weight is 467 g/mol. The Morgan fingerprint density at radius 1 is 1.06 bits per heavy atom. The smallest absolute Gasteiger partial charge is 0.292 e. The van der Waals surface area contributed by atoms with Crippen LogP contribution in [0.2, 0.25) is 0 Å². The van der Waals surface area contributed by atoms with Gasteiger partial charge < -0.3 is 20.1 Å². The molecule has 0 unspecified atom stereocenters. The predicted molar refractivity (Wildman–Crippen MR) is 125 cm³/mol. The van der Waals surface area contributed by atoms with Crippen molar-refractivity contribution in [3.63, 3.8) is 0 Å². The molecule has 2 aromatic rings. The Hall–Kier alpha value is -2.77. The molecule has 5 rings (SSSR count). The van der Waals surface area contributed by atoms with Crippen molar-refractivity contribution in [1.29, 1.82) is 0 Å². The zero-order chi connectivity index (χ0) is 23.7. The number of nitrogens with one attached hydrogen (secondary N) is 1. The third-order valence-electron chi connectivity index (χ3n) is 6.89. The van der Waals surface area contributed by atoms with Crippen molar-refractivity contribution in [3.05, 3.63) is 65.0 Å². The number of rotatable bonds is 10. The number of aliphatic hydroxyl groups excluding tert-OH is 1. The van der Waals surface area contributed by atoms with Crippen LogP contribution in [0.1, 0.15) is 72.0 Å². The van der Waals surface area contributed by atoms with E-state index < -0.39 is 29.7 Å². The van der Waals surface area contributed by atoms with Gasteiger partial charge in [-0.3, -0.25) is 9.59 Å². The molecule has 7 heteroatoms. The summed E-state index contributed by atoms with van der Waals surface area (Å²) in [5.41, 5.74) is 1.85. The predicted octanol–water partition coefficient (Wildman–Crippen LogP) is 3.74. The van der Waals surface area contributed by atoms with E-state index in [1.54, 1.807) is 18.2 Å². The summed E-state index contributed by atoms with van der Waals surface area (Å²) in [5.74, 6) is -1.21. The molecule has 0 bridgehead atoms. The molecule has 1 saturated heterocycles. The third-order valence-corrected chi connectivity index (χ3v) is 6.89. The second-order valence-electron chi connectivity index (χ2n) is 9.76. The van der Waals surface area contributed by atoms with Crippen LogP contribution in [0.15, 0.2) is 42.5 Å². The average Bonchev–Trinajstić information content (AvgIpc) is 3.79. The summed E-state index contributed by atoms with van der Waals surface area (Å²) in [6.45, 7) is 2.10. The van der Waals surface area contributed by atoms with E-state index in [4.69, 9.17) is 4.74 Å². The van der Waals surface area contributed by atoms with Crippen molar-refractivity contribution >= 4 is 11.7 Å². The van der Waals surface area contributed by atoms with Gasteiger partial charge in [-0.15, -0.1) is 0 Å². The highest BCUT2D eigenvalue weighted by Crippen LogP contribution is 2.40. The SMILES string of the molecule is O=C(N[C@H](CN1CCCC1)[C@H](O)c1ccc(OC2CC2)c(F)c1)C(=O)c1ccc(C2CC2)cc1. The molecular formula is C27H31FN2O4. The minimum absolute atomic E-state index is 0.0665. The van der Waals surface area contributed by atoms with Crippen molar-refractivity contribution in [3.8, 4) is 5.75 Å². The van der Waals surface area contributed by atoms with E-state index in [0.717, 1.165) is 51.6 Å². The highest BCUT2D eigenvalue weighted by Gasteiger charge is 2.31. The first-order chi connectivity index (χ1) is 16.5. The van der Waals surface area contributed by atoms with E-state index in [1.165, 1.54) is 17.7 Å². The summed E-state index contributed by atoms with van der Waals surface area (Å²) >= 11 is 0. The quantitative estimate of drug-likeness (QED) is 0.412. The molecule has 2 aromatic carbocycles. The summed E-state index contributed by atoms with van der Waals surface area (Å²) in [6, 6.07) is 10.8. The van der Waals surface area contributed by atoms with Crippen LogP contribution >= 0.6 is 0 Å². The van der Waals surface area contributed by atoms with Crippen molar-refractivity contribution in [2.45, 2.75) is 62.7 Å². The van der Waals surface area contributed by atoms with Gasteiger partial charge in [-0.2, -0.15) is 0 Å². The Morgan fingerprint density at radius 3 is 2.38 bits per heavy atom. The number of benzene rings is 2. The Balaban J connectivity index is 1.29. The molecule has 3 aliphatic rings. The molecule has 2 N–H and O–H groups in total. The van der Waals surface area contributed by atoms with Crippen molar-refractivity contribution < 1.29 is 23.8 Å². The normalized spacial score (nSPS) is 20.1. The molecule has 2 atom stereocenters. The molecule has 180 valence electrons. The Labute approximate surface area is 199 Å². The van der Waals surface area contributed by atoms with Crippen LogP contribution in [-0.2, 0) is 4.79 Å². The van der Waals surface area contributed by atoms with E-state index in [2.05, 4.69) is 10.2 Å². The number of hydrogen-bond donors (Lipinski definition) is 2. The van der Waals surface area contributed by atoms with Gasteiger partial charge in [-0.05, 0) is 80.8 Å². The maximum absolute atomic E-state index is 14.6. The lowest BCUT2D eigenvalue weighted by molar-refractivity contribution is -0.118. The lowest BCUT2D eigenvalue weighted by Gasteiger charge is -2.28. The molecule has 6 nitrogen and oxygen atoms in total. The first kappa shape index (κ1) is 23.0. The van der Waals surface area contributed by atoms with Crippen LogP contribution in [0, 0.1) is 5.82 Å². The van der Waals surface area contributed by atoms with Crippen LogP contribution in [-0.4, -0.2) is 53.5 Å². The summed E-state index contributed by atoms with van der Waals surface area (Å²) in [4.78, 5) is 27.8. The lowest BCUT2D eigenvalue weighted by atomic mass is 10.00. The standard InChI is InChI=1S/C27H31FN2O4/c28-22-15-20(9-12-24(22)34-21-10-11-21)25(31)23(16-30-13-1-2-14-30)29-27(33)26(32)19-7-5-18(6-8-19)17-3-4-17/h5-9,12,15,17,21,23,25,31H,1-4,10-11,13-14,16H2,(H,29,33)/t23-,25-/m1/s1. The van der Waals surface area contributed by atoms with E-state index >= 15 is 0 Å². The van der Waals surface area contributed by atoms with Gasteiger partial charge in [0.15, 0.2) is 11.6 Å². The first-order valence-electron chi connectivity index (χ1n) is 12.3. The molecule has 1 amide bonds. The van der Waals surface area contributed by atoms with Gasteiger partial charge in [0.25, 0.3) is 5.91 Å². The van der Waals surface area contributed by atoms with Crippen LogP contribution in [0.3, 0.4) is 0 Å². The molecule has 0 aromatic heterocycles. The number of ether oxygens (including phenoxy) is 1. The molecule has 1 heterocycles. The van der Waals surface area contributed by atoms with Gasteiger partial charge in [0.05, 0.1) is 12.1 Å². The number of halogens is 1. The van der Waals surface area contributed by atoms with Gasteiger partial charge in [-0.25, -0.2) is 4.39 Å². The number of hydrogen-bond acceptors (Lipinski definition) is 5. The molecule has 2 saturated carbocycles. The van der Waals surface area contributed by atoms with Crippen molar-refractivity contribution in [2.75, 3.05) is 19.6 Å². The topological polar surface area (TPSA) is 78.9 Å².